The summed E-state index contributed by atoms with van der Waals surface area (Å²) < 4.78 is 10.9. The number of alkyl carbamates (subject to hydrolysis) is 2. The zero-order valence-electron chi connectivity index (χ0n) is 18.1. The van der Waals surface area contributed by atoms with Gasteiger partial charge in [0, 0.05) is 23.9 Å². The van der Waals surface area contributed by atoms with Crippen LogP contribution in [0.5, 0.6) is 0 Å². The van der Waals surface area contributed by atoms with Gasteiger partial charge in [0.2, 0.25) is 0 Å². The standard InChI is InChI=1S/C27H26N2O4/c30-26(32-16-18-9-3-1-4-10-18)28-22-15-23(25-21-14-8-7-13-20(21)24(22)25)29-27(31)33-17-19-11-5-2-6-12-19/h1-14,22-25H,15-17H2,(H,28,30)(H,29,31). The lowest BCUT2D eigenvalue weighted by Gasteiger charge is -2.39. The second-order valence-electron chi connectivity index (χ2n) is 8.54. The average molecular weight is 443 g/mol. The lowest BCUT2D eigenvalue weighted by atomic mass is 9.68. The first-order chi connectivity index (χ1) is 16.2. The maximum Gasteiger partial charge on any atom is 0.407 e. The number of benzene rings is 3. The molecule has 1 saturated carbocycles. The quantitative estimate of drug-likeness (QED) is 0.572. The Hall–Kier alpha value is -3.80. The Morgan fingerprint density at radius 2 is 1.03 bits per heavy atom. The van der Waals surface area contributed by atoms with Gasteiger partial charge in [-0.25, -0.2) is 9.59 Å². The second-order valence-corrected chi connectivity index (χ2v) is 8.54. The van der Waals surface area contributed by atoms with Gasteiger partial charge < -0.3 is 20.1 Å². The fourth-order valence-corrected chi connectivity index (χ4v) is 5.04. The molecule has 4 atom stereocenters. The summed E-state index contributed by atoms with van der Waals surface area (Å²) in [7, 11) is 0. The van der Waals surface area contributed by atoms with Crippen molar-refractivity contribution < 1.29 is 19.1 Å². The molecule has 33 heavy (non-hydrogen) atoms. The minimum absolute atomic E-state index is 0.118. The molecule has 2 aliphatic carbocycles. The maximum atomic E-state index is 12.5. The molecule has 2 aliphatic rings. The molecule has 3 aromatic carbocycles. The Balaban J connectivity index is 1.21. The number of rotatable bonds is 6. The molecule has 6 nitrogen and oxygen atoms in total. The fraction of sp³-hybridized carbons (Fsp3) is 0.259. The fourth-order valence-electron chi connectivity index (χ4n) is 5.04. The van der Waals surface area contributed by atoms with E-state index in [1.54, 1.807) is 0 Å². The van der Waals surface area contributed by atoms with Gasteiger partial charge in [0.1, 0.15) is 13.2 Å². The van der Waals surface area contributed by atoms with E-state index in [0.717, 1.165) is 11.1 Å². The van der Waals surface area contributed by atoms with Gasteiger partial charge in [-0.2, -0.15) is 0 Å². The largest absolute Gasteiger partial charge is 0.445 e. The van der Waals surface area contributed by atoms with E-state index in [1.807, 2.05) is 72.8 Å². The summed E-state index contributed by atoms with van der Waals surface area (Å²) in [5, 5.41) is 6.06. The van der Waals surface area contributed by atoms with Gasteiger partial charge in [-0.1, -0.05) is 84.9 Å². The second kappa shape index (κ2) is 9.36. The number of hydrogen-bond acceptors (Lipinski definition) is 4. The third-order valence-corrected chi connectivity index (χ3v) is 6.51. The lowest BCUT2D eigenvalue weighted by Crippen LogP contribution is -2.41. The van der Waals surface area contributed by atoms with Crippen molar-refractivity contribution in [2.45, 2.75) is 43.6 Å². The first-order valence-electron chi connectivity index (χ1n) is 11.2. The molecule has 2 N–H and O–H groups in total. The van der Waals surface area contributed by atoms with E-state index in [-0.39, 0.29) is 37.1 Å². The summed E-state index contributed by atoms with van der Waals surface area (Å²) in [6, 6.07) is 27.1. The minimum atomic E-state index is -0.445. The van der Waals surface area contributed by atoms with Crippen LogP contribution in [0.15, 0.2) is 84.9 Å². The zero-order chi connectivity index (χ0) is 22.6. The molecular weight excluding hydrogens is 416 g/mol. The van der Waals surface area contributed by atoms with Gasteiger partial charge >= 0.3 is 12.2 Å². The van der Waals surface area contributed by atoms with Crippen LogP contribution >= 0.6 is 0 Å². The molecule has 0 aromatic heterocycles. The van der Waals surface area contributed by atoms with Gasteiger partial charge in [0.25, 0.3) is 0 Å². The first kappa shape index (κ1) is 21.1. The third kappa shape index (κ3) is 4.55. The molecule has 0 heterocycles. The Kier molecular flexibility index (Phi) is 5.98. The molecule has 168 valence electrons. The average Bonchev–Trinajstić information content (AvgIpc) is 3.13. The van der Waals surface area contributed by atoms with Gasteiger partial charge in [-0.3, -0.25) is 0 Å². The molecule has 2 amide bonds. The van der Waals surface area contributed by atoms with E-state index in [0.29, 0.717) is 6.42 Å². The Morgan fingerprint density at radius 3 is 1.45 bits per heavy atom. The molecule has 0 bridgehead atoms. The predicted molar refractivity (Wildman–Crippen MR) is 124 cm³/mol. The van der Waals surface area contributed by atoms with Crippen molar-refractivity contribution >= 4 is 12.2 Å². The molecular formula is C27H26N2O4. The van der Waals surface area contributed by atoms with Crippen molar-refractivity contribution in [3.63, 3.8) is 0 Å². The van der Waals surface area contributed by atoms with Crippen molar-refractivity contribution in [1.29, 1.82) is 0 Å². The molecule has 0 spiro atoms. The molecule has 6 heteroatoms. The number of carbonyl (C=O) groups is 2. The summed E-state index contributed by atoms with van der Waals surface area (Å²) in [5.74, 6) is 0.287. The molecule has 4 unspecified atom stereocenters. The summed E-state index contributed by atoms with van der Waals surface area (Å²) in [4.78, 5) is 25.0. The number of hydrogen-bond donors (Lipinski definition) is 2. The van der Waals surface area contributed by atoms with Crippen LogP contribution in [0.4, 0.5) is 9.59 Å². The molecule has 5 rings (SSSR count). The van der Waals surface area contributed by atoms with Crippen molar-refractivity contribution in [2.24, 2.45) is 0 Å². The molecule has 0 saturated heterocycles. The van der Waals surface area contributed by atoms with Gasteiger partial charge in [0.05, 0.1) is 0 Å². The number of fused-ring (bicyclic) bond motifs is 4. The number of ether oxygens (including phenoxy) is 2. The molecule has 1 fully saturated rings. The summed E-state index contributed by atoms with van der Waals surface area (Å²) in [6.45, 7) is 0.440. The zero-order valence-corrected chi connectivity index (χ0v) is 18.1. The van der Waals surface area contributed by atoms with Gasteiger partial charge in [-0.05, 0) is 28.7 Å². The van der Waals surface area contributed by atoms with Gasteiger partial charge in [-0.15, -0.1) is 0 Å². The highest BCUT2D eigenvalue weighted by Crippen LogP contribution is 2.56. The third-order valence-electron chi connectivity index (χ3n) is 6.51. The van der Waals surface area contributed by atoms with Crippen molar-refractivity contribution in [1.82, 2.24) is 10.6 Å². The van der Waals surface area contributed by atoms with Crippen LogP contribution < -0.4 is 10.6 Å². The van der Waals surface area contributed by atoms with Crippen LogP contribution in [0.1, 0.15) is 40.5 Å². The van der Waals surface area contributed by atoms with E-state index in [4.69, 9.17) is 9.47 Å². The van der Waals surface area contributed by atoms with E-state index in [1.165, 1.54) is 11.1 Å². The highest BCUT2D eigenvalue weighted by Gasteiger charge is 2.53. The summed E-state index contributed by atoms with van der Waals surface area (Å²) in [5.41, 5.74) is 4.31. The van der Waals surface area contributed by atoms with Crippen LogP contribution in [-0.4, -0.2) is 24.3 Å². The highest BCUT2D eigenvalue weighted by atomic mass is 16.6. The van der Waals surface area contributed by atoms with Crippen LogP contribution in [0, 0.1) is 0 Å². The smallest absolute Gasteiger partial charge is 0.407 e. The van der Waals surface area contributed by atoms with Gasteiger partial charge in [0.15, 0.2) is 0 Å². The van der Waals surface area contributed by atoms with Crippen LogP contribution in [0.2, 0.25) is 0 Å². The predicted octanol–water partition coefficient (Wildman–Crippen LogP) is 4.86. The molecule has 0 radical (unpaired) electrons. The molecule has 3 aromatic rings. The summed E-state index contributed by atoms with van der Waals surface area (Å²) >= 11 is 0. The van der Waals surface area contributed by atoms with Crippen LogP contribution in [0.25, 0.3) is 0 Å². The van der Waals surface area contributed by atoms with E-state index < -0.39 is 12.2 Å². The highest BCUT2D eigenvalue weighted by molar-refractivity contribution is 5.70. The van der Waals surface area contributed by atoms with Crippen LogP contribution in [0.3, 0.4) is 0 Å². The topological polar surface area (TPSA) is 76.7 Å². The number of nitrogens with one attached hydrogen (secondary N) is 2. The number of amides is 2. The molecule has 0 aliphatic heterocycles. The SMILES string of the molecule is O=C(NC1CC(NC(=O)OCc2ccccc2)C2c3ccccc3C12)OCc1ccccc1. The van der Waals surface area contributed by atoms with Crippen molar-refractivity contribution in [2.75, 3.05) is 0 Å². The number of carbonyl (C=O) groups excluding carboxylic acids is 2. The van der Waals surface area contributed by atoms with Crippen molar-refractivity contribution in [3.05, 3.63) is 107 Å². The Bertz CT molecular complexity index is 1030. The monoisotopic (exact) mass is 442 g/mol. The first-order valence-corrected chi connectivity index (χ1v) is 11.2. The van der Waals surface area contributed by atoms with E-state index in [2.05, 4.69) is 22.8 Å². The van der Waals surface area contributed by atoms with E-state index >= 15 is 0 Å². The minimum Gasteiger partial charge on any atom is -0.445 e. The van der Waals surface area contributed by atoms with Crippen molar-refractivity contribution in [3.8, 4) is 0 Å². The summed E-state index contributed by atoms with van der Waals surface area (Å²) in [6.07, 6.45) is -0.274. The maximum absolute atomic E-state index is 12.5. The lowest BCUT2D eigenvalue weighted by molar-refractivity contribution is 0.134. The Labute approximate surface area is 192 Å². The van der Waals surface area contributed by atoms with E-state index in [9.17, 15) is 9.59 Å². The normalized spacial score (nSPS) is 22.3. The van der Waals surface area contributed by atoms with Crippen LogP contribution in [-0.2, 0) is 22.7 Å². The Morgan fingerprint density at radius 1 is 0.636 bits per heavy atom.